The van der Waals surface area contributed by atoms with Gasteiger partial charge in [-0.25, -0.2) is 4.68 Å². The molecule has 0 aliphatic carbocycles. The summed E-state index contributed by atoms with van der Waals surface area (Å²) in [5.74, 6) is -1.34. The Bertz CT molecular complexity index is 1240. The lowest BCUT2D eigenvalue weighted by Crippen LogP contribution is -2.12. The number of aryl methyl sites for hydroxylation is 1. The SMILES string of the molecule is Cc1ccc(NC(=O)c2ccc3nn(-c4cccnc4)cc3c2)cc1SCC(F)(F)F. The molecule has 0 saturated heterocycles. The molecule has 9 heteroatoms. The first-order valence-electron chi connectivity index (χ1n) is 9.30. The van der Waals surface area contributed by atoms with Crippen LogP contribution in [0.1, 0.15) is 15.9 Å². The van der Waals surface area contributed by atoms with Crippen molar-refractivity contribution in [2.45, 2.75) is 18.0 Å². The molecular weight excluding hydrogens is 425 g/mol. The highest BCUT2D eigenvalue weighted by atomic mass is 32.2. The zero-order chi connectivity index (χ0) is 22.0. The predicted molar refractivity (Wildman–Crippen MR) is 115 cm³/mol. The molecule has 0 atom stereocenters. The number of carbonyl (C=O) groups excluding carboxylic acids is 1. The summed E-state index contributed by atoms with van der Waals surface area (Å²) in [4.78, 5) is 17.3. The van der Waals surface area contributed by atoms with Crippen molar-refractivity contribution in [3.05, 3.63) is 78.2 Å². The van der Waals surface area contributed by atoms with Gasteiger partial charge in [-0.05, 0) is 55.0 Å². The second-order valence-electron chi connectivity index (χ2n) is 6.90. The third-order valence-corrected chi connectivity index (χ3v) is 5.74. The van der Waals surface area contributed by atoms with Crippen LogP contribution in [0.25, 0.3) is 16.6 Å². The second kappa shape index (κ2) is 8.43. The Balaban J connectivity index is 1.53. The Morgan fingerprint density at radius 3 is 2.74 bits per heavy atom. The van der Waals surface area contributed by atoms with Gasteiger partial charge < -0.3 is 5.32 Å². The minimum atomic E-state index is -4.26. The molecule has 0 radical (unpaired) electrons. The van der Waals surface area contributed by atoms with Gasteiger partial charge in [0, 0.05) is 33.9 Å². The molecule has 31 heavy (non-hydrogen) atoms. The van der Waals surface area contributed by atoms with Crippen molar-refractivity contribution >= 4 is 34.3 Å². The lowest BCUT2D eigenvalue weighted by Gasteiger charge is -2.11. The summed E-state index contributed by atoms with van der Waals surface area (Å²) in [6, 6.07) is 13.7. The number of fused-ring (bicyclic) bond motifs is 1. The maximum Gasteiger partial charge on any atom is 0.398 e. The molecule has 5 nitrogen and oxygen atoms in total. The van der Waals surface area contributed by atoms with E-state index in [4.69, 9.17) is 0 Å². The Morgan fingerprint density at radius 1 is 1.16 bits per heavy atom. The Labute approximate surface area is 180 Å². The van der Waals surface area contributed by atoms with E-state index < -0.39 is 11.9 Å². The number of alkyl halides is 3. The fourth-order valence-electron chi connectivity index (χ4n) is 2.98. The first-order chi connectivity index (χ1) is 14.8. The van der Waals surface area contributed by atoms with Crippen LogP contribution in [0.15, 0.2) is 72.0 Å². The van der Waals surface area contributed by atoms with Crippen LogP contribution in [-0.4, -0.2) is 32.6 Å². The number of rotatable bonds is 5. The number of anilines is 1. The van der Waals surface area contributed by atoms with E-state index >= 15 is 0 Å². The normalized spacial score (nSPS) is 11.6. The Hall–Kier alpha value is -3.33. The first kappa shape index (κ1) is 20.9. The molecule has 0 aliphatic heterocycles. The quantitative estimate of drug-likeness (QED) is 0.407. The van der Waals surface area contributed by atoms with E-state index in [1.807, 2.05) is 12.1 Å². The summed E-state index contributed by atoms with van der Waals surface area (Å²) in [7, 11) is 0. The zero-order valence-corrected chi connectivity index (χ0v) is 17.2. The maximum absolute atomic E-state index is 12.7. The number of nitrogens with one attached hydrogen (secondary N) is 1. The number of amides is 1. The fraction of sp³-hybridized carbons (Fsp3) is 0.136. The number of hydrogen-bond acceptors (Lipinski definition) is 4. The van der Waals surface area contributed by atoms with Crippen LogP contribution in [0.5, 0.6) is 0 Å². The molecule has 0 aliphatic rings. The van der Waals surface area contributed by atoms with Crippen molar-refractivity contribution in [3.8, 4) is 5.69 Å². The first-order valence-corrected chi connectivity index (χ1v) is 10.3. The number of aromatic nitrogens is 3. The van der Waals surface area contributed by atoms with Crippen LogP contribution in [0.4, 0.5) is 18.9 Å². The minimum Gasteiger partial charge on any atom is -0.322 e. The molecule has 0 unspecified atom stereocenters. The molecule has 2 aromatic carbocycles. The van der Waals surface area contributed by atoms with Crippen LogP contribution in [0.2, 0.25) is 0 Å². The van der Waals surface area contributed by atoms with Gasteiger partial charge >= 0.3 is 6.18 Å². The molecule has 4 aromatic rings. The topological polar surface area (TPSA) is 59.8 Å². The third kappa shape index (κ3) is 5.05. The number of thioether (sulfide) groups is 1. The average molecular weight is 442 g/mol. The molecule has 4 rings (SSSR count). The highest BCUT2D eigenvalue weighted by molar-refractivity contribution is 7.99. The van der Waals surface area contributed by atoms with Crippen molar-refractivity contribution in [1.29, 1.82) is 0 Å². The van der Waals surface area contributed by atoms with Crippen molar-refractivity contribution in [2.75, 3.05) is 11.1 Å². The van der Waals surface area contributed by atoms with E-state index in [0.29, 0.717) is 27.9 Å². The fourth-order valence-corrected chi connectivity index (χ4v) is 3.81. The van der Waals surface area contributed by atoms with Crippen LogP contribution in [0.3, 0.4) is 0 Å². The minimum absolute atomic E-state index is 0.355. The number of nitrogens with zero attached hydrogens (tertiary/aromatic N) is 3. The second-order valence-corrected chi connectivity index (χ2v) is 7.91. The Morgan fingerprint density at radius 2 is 2.00 bits per heavy atom. The smallest absolute Gasteiger partial charge is 0.322 e. The summed E-state index contributed by atoms with van der Waals surface area (Å²) in [6.07, 6.45) is 0.908. The highest BCUT2D eigenvalue weighted by Crippen LogP contribution is 2.31. The van der Waals surface area contributed by atoms with Gasteiger partial charge in [-0.1, -0.05) is 6.07 Å². The Kier molecular flexibility index (Phi) is 5.69. The molecular formula is C22H17F3N4OS. The molecule has 2 heterocycles. The zero-order valence-electron chi connectivity index (χ0n) is 16.3. The number of pyridine rings is 1. The van der Waals surface area contributed by atoms with E-state index in [0.717, 1.165) is 22.2 Å². The molecule has 0 bridgehead atoms. The van der Waals surface area contributed by atoms with Crippen LogP contribution < -0.4 is 5.32 Å². The number of benzene rings is 2. The molecule has 0 saturated carbocycles. The predicted octanol–water partition coefficient (Wildman–Crippen LogP) is 5.64. The van der Waals surface area contributed by atoms with E-state index in [1.165, 1.54) is 0 Å². The van der Waals surface area contributed by atoms with Crippen LogP contribution in [0, 0.1) is 6.92 Å². The van der Waals surface area contributed by atoms with Crippen molar-refractivity contribution in [2.24, 2.45) is 0 Å². The van der Waals surface area contributed by atoms with Crippen molar-refractivity contribution < 1.29 is 18.0 Å². The van der Waals surface area contributed by atoms with E-state index in [9.17, 15) is 18.0 Å². The molecule has 1 N–H and O–H groups in total. The largest absolute Gasteiger partial charge is 0.398 e. The van der Waals surface area contributed by atoms with Gasteiger partial charge in [-0.15, -0.1) is 11.8 Å². The molecule has 158 valence electrons. The van der Waals surface area contributed by atoms with Gasteiger partial charge in [0.15, 0.2) is 0 Å². The number of carbonyl (C=O) groups is 1. The standard InChI is InChI=1S/C22H17F3N4OS/c1-14-4-6-17(10-20(14)31-13-22(23,24)25)27-21(30)15-5-7-19-16(9-15)12-29(28-19)18-3-2-8-26-11-18/h2-12H,13H2,1H3,(H,27,30). The maximum atomic E-state index is 12.7. The number of halogens is 3. The van der Waals surface area contributed by atoms with Gasteiger partial charge in [0.05, 0.1) is 23.2 Å². The summed E-state index contributed by atoms with van der Waals surface area (Å²) < 4.78 is 39.3. The summed E-state index contributed by atoms with van der Waals surface area (Å²) in [6.45, 7) is 1.73. The molecule has 0 spiro atoms. The summed E-state index contributed by atoms with van der Waals surface area (Å²) in [5, 5.41) is 8.01. The van der Waals surface area contributed by atoms with Crippen LogP contribution >= 0.6 is 11.8 Å². The molecule has 1 amide bonds. The molecule has 0 fully saturated rings. The van der Waals surface area contributed by atoms with E-state index in [-0.39, 0.29) is 5.91 Å². The van der Waals surface area contributed by atoms with Gasteiger partial charge in [0.25, 0.3) is 5.91 Å². The van der Waals surface area contributed by atoms with Gasteiger partial charge in [-0.2, -0.15) is 18.3 Å². The lowest BCUT2D eigenvalue weighted by molar-refractivity contribution is -0.105. The van der Waals surface area contributed by atoms with Gasteiger partial charge in [0.2, 0.25) is 0 Å². The molecule has 2 aromatic heterocycles. The monoisotopic (exact) mass is 442 g/mol. The van der Waals surface area contributed by atoms with E-state index in [1.54, 1.807) is 66.6 Å². The lowest BCUT2D eigenvalue weighted by atomic mass is 10.1. The van der Waals surface area contributed by atoms with E-state index in [2.05, 4.69) is 15.4 Å². The van der Waals surface area contributed by atoms with Crippen molar-refractivity contribution in [1.82, 2.24) is 14.8 Å². The summed E-state index contributed by atoms with van der Waals surface area (Å²) >= 11 is 0.701. The average Bonchev–Trinajstić information content (AvgIpc) is 3.17. The summed E-state index contributed by atoms with van der Waals surface area (Å²) in [5.41, 5.74) is 3.10. The van der Waals surface area contributed by atoms with Crippen LogP contribution in [-0.2, 0) is 0 Å². The third-order valence-electron chi connectivity index (χ3n) is 4.51. The van der Waals surface area contributed by atoms with Crippen molar-refractivity contribution in [3.63, 3.8) is 0 Å². The number of hydrogen-bond donors (Lipinski definition) is 1. The van der Waals surface area contributed by atoms with Gasteiger partial charge in [-0.3, -0.25) is 9.78 Å². The van der Waals surface area contributed by atoms with Gasteiger partial charge in [0.1, 0.15) is 0 Å². The highest BCUT2D eigenvalue weighted by Gasteiger charge is 2.27.